The number of nitrogens with zero attached hydrogens (tertiary/aromatic N) is 1. The summed E-state index contributed by atoms with van der Waals surface area (Å²) < 4.78 is 21.7. The van der Waals surface area contributed by atoms with E-state index in [-0.39, 0.29) is 6.61 Å². The fourth-order valence-corrected chi connectivity index (χ4v) is 2.68. The first-order valence-corrected chi connectivity index (χ1v) is 8.53. The second-order valence-electron chi connectivity index (χ2n) is 7.20. The molecule has 1 aliphatic heterocycles. The summed E-state index contributed by atoms with van der Waals surface area (Å²) in [6, 6.07) is 9.12. The lowest BCUT2D eigenvalue weighted by molar-refractivity contribution is -0.157. The molecule has 1 fully saturated rings. The predicted molar refractivity (Wildman–Crippen MR) is 94.6 cm³/mol. The molecular formula is C19H27NO6. The van der Waals surface area contributed by atoms with Gasteiger partial charge in [-0.15, -0.1) is 0 Å². The minimum absolute atomic E-state index is 0.162. The largest absolute Gasteiger partial charge is 0.467 e. The minimum Gasteiger partial charge on any atom is -0.467 e. The van der Waals surface area contributed by atoms with Crippen LogP contribution in [0.2, 0.25) is 0 Å². The summed E-state index contributed by atoms with van der Waals surface area (Å²) in [5, 5.41) is 0. The van der Waals surface area contributed by atoms with E-state index in [4.69, 9.17) is 18.9 Å². The van der Waals surface area contributed by atoms with Gasteiger partial charge >= 0.3 is 12.1 Å². The first kappa shape index (κ1) is 20.2. The molecule has 3 atom stereocenters. The van der Waals surface area contributed by atoms with Crippen molar-refractivity contribution in [2.24, 2.45) is 0 Å². The number of carbonyl (C=O) groups is 2. The third kappa shape index (κ3) is 5.19. The van der Waals surface area contributed by atoms with E-state index < -0.39 is 35.9 Å². The number of methoxy groups -OCH3 is 1. The highest BCUT2D eigenvalue weighted by Crippen LogP contribution is 2.25. The fourth-order valence-electron chi connectivity index (χ4n) is 2.68. The fraction of sp³-hybridized carbons (Fsp3) is 0.579. The van der Waals surface area contributed by atoms with Crippen molar-refractivity contribution in [3.63, 3.8) is 0 Å². The lowest BCUT2D eigenvalue weighted by Crippen LogP contribution is -2.49. The quantitative estimate of drug-likeness (QED) is 0.746. The van der Waals surface area contributed by atoms with Crippen molar-refractivity contribution in [3.05, 3.63) is 35.9 Å². The Morgan fingerprint density at radius 1 is 1.23 bits per heavy atom. The molecule has 1 aliphatic rings. The van der Waals surface area contributed by atoms with Crippen molar-refractivity contribution in [1.82, 2.24) is 4.90 Å². The number of hydrogen-bond donors (Lipinski definition) is 0. The summed E-state index contributed by atoms with van der Waals surface area (Å²) in [7, 11) is 2.91. The second kappa shape index (κ2) is 8.51. The van der Waals surface area contributed by atoms with Gasteiger partial charge in [0.1, 0.15) is 11.7 Å². The molecule has 0 N–H and O–H groups in total. The number of carbonyl (C=O) groups excluding carboxylic acids is 2. The molecule has 0 bridgehead atoms. The standard InChI is InChI=1S/C19H27NO6/c1-19(2,3)26-18(22)20(4)14-12-25-16(17(21)23-5)15(14)24-11-13-9-7-6-8-10-13/h6-10,14-16H,11-12H2,1-5H3/t14-,15+,16+/m0/s1. The average molecular weight is 365 g/mol. The van der Waals surface area contributed by atoms with Crippen molar-refractivity contribution < 1.29 is 28.5 Å². The van der Waals surface area contributed by atoms with Gasteiger partial charge in [-0.1, -0.05) is 30.3 Å². The number of hydrogen-bond acceptors (Lipinski definition) is 6. The van der Waals surface area contributed by atoms with Gasteiger partial charge in [-0.25, -0.2) is 9.59 Å². The van der Waals surface area contributed by atoms with Crippen LogP contribution in [0.1, 0.15) is 26.3 Å². The van der Waals surface area contributed by atoms with E-state index in [1.807, 2.05) is 30.3 Å². The minimum atomic E-state index is -0.890. The van der Waals surface area contributed by atoms with Crippen LogP contribution in [0.15, 0.2) is 30.3 Å². The number of likely N-dealkylation sites (N-methyl/N-ethyl adjacent to an activating group) is 1. The van der Waals surface area contributed by atoms with Crippen molar-refractivity contribution in [1.29, 1.82) is 0 Å². The van der Waals surface area contributed by atoms with Gasteiger partial charge in [0.25, 0.3) is 0 Å². The van der Waals surface area contributed by atoms with E-state index in [1.54, 1.807) is 27.8 Å². The van der Waals surface area contributed by atoms with Gasteiger partial charge < -0.3 is 23.8 Å². The maximum Gasteiger partial charge on any atom is 0.410 e. The van der Waals surface area contributed by atoms with Crippen LogP contribution in [0.4, 0.5) is 4.79 Å². The number of rotatable bonds is 5. The summed E-state index contributed by atoms with van der Waals surface area (Å²) in [6.45, 7) is 5.84. The maximum absolute atomic E-state index is 12.4. The number of amides is 1. The van der Waals surface area contributed by atoms with Crippen molar-refractivity contribution in [2.75, 3.05) is 20.8 Å². The molecule has 7 nitrogen and oxygen atoms in total. The van der Waals surface area contributed by atoms with Crippen LogP contribution < -0.4 is 0 Å². The molecule has 0 aromatic heterocycles. The van der Waals surface area contributed by atoms with Crippen molar-refractivity contribution >= 4 is 12.1 Å². The highest BCUT2D eigenvalue weighted by Gasteiger charge is 2.47. The number of ether oxygens (including phenoxy) is 4. The van der Waals surface area contributed by atoms with Gasteiger partial charge in [-0.05, 0) is 26.3 Å². The van der Waals surface area contributed by atoms with Crippen molar-refractivity contribution in [3.8, 4) is 0 Å². The van der Waals surface area contributed by atoms with E-state index >= 15 is 0 Å². The maximum atomic E-state index is 12.4. The zero-order valence-corrected chi connectivity index (χ0v) is 15.9. The molecule has 0 aliphatic carbocycles. The monoisotopic (exact) mass is 365 g/mol. The zero-order valence-electron chi connectivity index (χ0n) is 15.9. The predicted octanol–water partition coefficient (Wildman–Crippen LogP) is 2.38. The lowest BCUT2D eigenvalue weighted by atomic mass is 10.1. The number of esters is 1. The summed E-state index contributed by atoms with van der Waals surface area (Å²) in [4.78, 5) is 25.8. The second-order valence-corrected chi connectivity index (χ2v) is 7.20. The van der Waals surface area contributed by atoms with Gasteiger partial charge in [0.15, 0.2) is 6.10 Å². The van der Waals surface area contributed by atoms with E-state index in [1.165, 1.54) is 12.0 Å². The summed E-state index contributed by atoms with van der Waals surface area (Å²) in [5.41, 5.74) is 0.342. The summed E-state index contributed by atoms with van der Waals surface area (Å²) >= 11 is 0. The van der Waals surface area contributed by atoms with Crippen LogP contribution in [0.25, 0.3) is 0 Å². The molecule has 0 unspecified atom stereocenters. The highest BCUT2D eigenvalue weighted by atomic mass is 16.6. The highest BCUT2D eigenvalue weighted by molar-refractivity contribution is 5.76. The molecular weight excluding hydrogens is 338 g/mol. The molecule has 26 heavy (non-hydrogen) atoms. The third-order valence-electron chi connectivity index (χ3n) is 4.02. The molecule has 1 aromatic carbocycles. The molecule has 7 heteroatoms. The molecule has 144 valence electrons. The third-order valence-corrected chi connectivity index (χ3v) is 4.02. The average Bonchev–Trinajstić information content (AvgIpc) is 3.01. The molecule has 1 aromatic rings. The Morgan fingerprint density at radius 3 is 2.46 bits per heavy atom. The Labute approximate surface area is 154 Å². The van der Waals surface area contributed by atoms with Crippen LogP contribution in [0, 0.1) is 0 Å². The van der Waals surface area contributed by atoms with Crippen LogP contribution in [0.3, 0.4) is 0 Å². The van der Waals surface area contributed by atoms with E-state index in [2.05, 4.69) is 0 Å². The molecule has 2 rings (SSSR count). The Morgan fingerprint density at radius 2 is 1.88 bits per heavy atom. The van der Waals surface area contributed by atoms with E-state index in [0.717, 1.165) is 5.56 Å². The van der Waals surface area contributed by atoms with E-state index in [0.29, 0.717) is 6.61 Å². The topological polar surface area (TPSA) is 74.3 Å². The van der Waals surface area contributed by atoms with Gasteiger partial charge in [-0.3, -0.25) is 0 Å². The molecule has 0 spiro atoms. The van der Waals surface area contributed by atoms with E-state index in [9.17, 15) is 9.59 Å². The van der Waals surface area contributed by atoms with Gasteiger partial charge in [0.05, 0.1) is 26.4 Å². The Kier molecular flexibility index (Phi) is 6.61. The zero-order chi connectivity index (χ0) is 19.3. The van der Waals surface area contributed by atoms with Crippen LogP contribution in [-0.4, -0.2) is 61.6 Å². The molecule has 0 saturated carbocycles. The molecule has 0 radical (unpaired) electrons. The lowest BCUT2D eigenvalue weighted by Gasteiger charge is -2.31. The Hall–Kier alpha value is -2.12. The Balaban J connectivity index is 2.12. The molecule has 1 heterocycles. The van der Waals surface area contributed by atoms with Crippen LogP contribution in [0.5, 0.6) is 0 Å². The number of benzene rings is 1. The van der Waals surface area contributed by atoms with Gasteiger partial charge in [-0.2, -0.15) is 0 Å². The van der Waals surface area contributed by atoms with Crippen LogP contribution >= 0.6 is 0 Å². The summed E-state index contributed by atoms with van der Waals surface area (Å²) in [6.07, 6.45) is -2.04. The van der Waals surface area contributed by atoms with Gasteiger partial charge in [0, 0.05) is 7.05 Å². The Bertz CT molecular complexity index is 612. The van der Waals surface area contributed by atoms with Crippen molar-refractivity contribution in [2.45, 2.75) is 51.2 Å². The van der Waals surface area contributed by atoms with Gasteiger partial charge in [0.2, 0.25) is 0 Å². The molecule has 1 amide bonds. The normalized spacial score (nSPS) is 22.7. The first-order valence-electron chi connectivity index (χ1n) is 8.53. The first-order chi connectivity index (χ1) is 12.2. The van der Waals surface area contributed by atoms with Crippen LogP contribution in [-0.2, 0) is 30.3 Å². The molecule has 1 saturated heterocycles. The summed E-state index contributed by atoms with van der Waals surface area (Å²) in [5.74, 6) is -0.525. The SMILES string of the molecule is COC(=O)[C@@H]1OC[C@H](N(C)C(=O)OC(C)(C)C)[C@H]1OCc1ccccc1. The smallest absolute Gasteiger partial charge is 0.410 e.